The largest absolute Gasteiger partial charge is 0.491 e. The zero-order valence-corrected chi connectivity index (χ0v) is 18.9. The molecule has 0 spiro atoms. The summed E-state index contributed by atoms with van der Waals surface area (Å²) in [6.07, 6.45) is 10.8. The molecular formula is C27H35F3O. The molecule has 0 amide bonds. The predicted molar refractivity (Wildman–Crippen MR) is 121 cm³/mol. The van der Waals surface area contributed by atoms with E-state index in [0.717, 1.165) is 62.8 Å². The van der Waals surface area contributed by atoms with Crippen molar-refractivity contribution in [2.75, 3.05) is 6.61 Å². The third kappa shape index (κ3) is 6.27. The van der Waals surface area contributed by atoms with Gasteiger partial charge in [0.05, 0.1) is 12.2 Å². The van der Waals surface area contributed by atoms with Crippen molar-refractivity contribution < 1.29 is 17.9 Å². The van der Waals surface area contributed by atoms with Crippen molar-refractivity contribution in [3.63, 3.8) is 0 Å². The van der Waals surface area contributed by atoms with Crippen LogP contribution in [0.3, 0.4) is 0 Å². The van der Waals surface area contributed by atoms with Crippen LogP contribution in [0.25, 0.3) is 11.1 Å². The Morgan fingerprint density at radius 3 is 2.13 bits per heavy atom. The second-order valence-corrected chi connectivity index (χ2v) is 8.92. The summed E-state index contributed by atoms with van der Waals surface area (Å²) in [7, 11) is 0. The molecule has 0 bridgehead atoms. The van der Waals surface area contributed by atoms with Gasteiger partial charge in [-0.15, -0.1) is 0 Å². The van der Waals surface area contributed by atoms with E-state index in [1.54, 1.807) is 0 Å². The van der Waals surface area contributed by atoms with Crippen molar-refractivity contribution in [1.29, 1.82) is 0 Å². The molecule has 170 valence electrons. The maximum atomic E-state index is 14.9. The van der Waals surface area contributed by atoms with E-state index in [9.17, 15) is 13.2 Å². The maximum Gasteiger partial charge on any atom is 0.165 e. The Morgan fingerprint density at radius 2 is 1.52 bits per heavy atom. The molecule has 2 aromatic rings. The zero-order valence-electron chi connectivity index (χ0n) is 18.9. The molecule has 2 aromatic carbocycles. The Kier molecular flexibility index (Phi) is 8.86. The van der Waals surface area contributed by atoms with Gasteiger partial charge in [0.2, 0.25) is 0 Å². The first-order valence-corrected chi connectivity index (χ1v) is 11.9. The van der Waals surface area contributed by atoms with Crippen LogP contribution in [0.1, 0.15) is 89.5 Å². The Morgan fingerprint density at radius 1 is 0.806 bits per heavy atom. The second-order valence-electron chi connectivity index (χ2n) is 8.92. The quantitative estimate of drug-likeness (QED) is 0.341. The smallest absolute Gasteiger partial charge is 0.165 e. The van der Waals surface area contributed by atoms with Crippen molar-refractivity contribution in [1.82, 2.24) is 0 Å². The van der Waals surface area contributed by atoms with Gasteiger partial charge in [0, 0.05) is 0 Å². The van der Waals surface area contributed by atoms with Gasteiger partial charge >= 0.3 is 0 Å². The van der Waals surface area contributed by atoms with Gasteiger partial charge in [-0.3, -0.25) is 0 Å². The summed E-state index contributed by atoms with van der Waals surface area (Å²) in [5.74, 6) is -0.778. The number of rotatable bonds is 10. The lowest BCUT2D eigenvalue weighted by Gasteiger charge is -2.29. The topological polar surface area (TPSA) is 9.23 Å². The molecule has 1 aliphatic rings. The summed E-state index contributed by atoms with van der Waals surface area (Å²) in [6, 6.07) is 7.05. The minimum atomic E-state index is -0.627. The number of unbranched alkanes of at least 4 members (excludes halogenated alkanes) is 3. The van der Waals surface area contributed by atoms with Crippen molar-refractivity contribution in [2.45, 2.75) is 84.0 Å². The van der Waals surface area contributed by atoms with Crippen molar-refractivity contribution in [3.8, 4) is 16.9 Å². The van der Waals surface area contributed by atoms with E-state index in [1.165, 1.54) is 43.2 Å². The van der Waals surface area contributed by atoms with E-state index < -0.39 is 17.5 Å². The molecule has 1 fully saturated rings. The highest BCUT2D eigenvalue weighted by molar-refractivity contribution is 5.66. The summed E-state index contributed by atoms with van der Waals surface area (Å²) >= 11 is 0. The Labute approximate surface area is 185 Å². The van der Waals surface area contributed by atoms with Crippen LogP contribution in [-0.2, 0) is 0 Å². The molecule has 1 nitrogen and oxygen atoms in total. The number of halogens is 3. The lowest BCUT2D eigenvalue weighted by Crippen LogP contribution is -2.13. The third-order valence-electron chi connectivity index (χ3n) is 6.56. The Bertz CT molecular complexity index is 817. The van der Waals surface area contributed by atoms with Crippen LogP contribution in [-0.4, -0.2) is 6.61 Å². The van der Waals surface area contributed by atoms with E-state index >= 15 is 0 Å². The molecule has 1 aliphatic carbocycles. The summed E-state index contributed by atoms with van der Waals surface area (Å²) in [5, 5.41) is 0. The lowest BCUT2D eigenvalue weighted by atomic mass is 9.77. The van der Waals surface area contributed by atoms with Gasteiger partial charge in [-0.1, -0.05) is 52.0 Å². The summed E-state index contributed by atoms with van der Waals surface area (Å²) in [4.78, 5) is 0. The first-order chi connectivity index (χ1) is 15.0. The molecular weight excluding hydrogens is 397 g/mol. The fraction of sp³-hybridized carbons (Fsp3) is 0.556. The van der Waals surface area contributed by atoms with E-state index in [0.29, 0.717) is 6.61 Å². The Hall–Kier alpha value is -1.97. The van der Waals surface area contributed by atoms with Crippen molar-refractivity contribution in [3.05, 3.63) is 53.3 Å². The number of hydrogen-bond donors (Lipinski definition) is 0. The van der Waals surface area contributed by atoms with Gasteiger partial charge in [-0.2, -0.15) is 0 Å². The fourth-order valence-corrected chi connectivity index (χ4v) is 4.78. The van der Waals surface area contributed by atoms with Crippen LogP contribution >= 0.6 is 0 Å². The minimum absolute atomic E-state index is 0.126. The highest BCUT2D eigenvalue weighted by Crippen LogP contribution is 2.39. The molecule has 1 saturated carbocycles. The first-order valence-electron chi connectivity index (χ1n) is 11.9. The minimum Gasteiger partial charge on any atom is -0.491 e. The second kappa shape index (κ2) is 11.6. The highest BCUT2D eigenvalue weighted by Gasteiger charge is 2.24. The molecule has 0 radical (unpaired) electrons. The molecule has 0 saturated heterocycles. The maximum absolute atomic E-state index is 14.9. The molecule has 0 heterocycles. The van der Waals surface area contributed by atoms with Gasteiger partial charge in [0.1, 0.15) is 11.6 Å². The van der Waals surface area contributed by atoms with Gasteiger partial charge < -0.3 is 4.74 Å². The summed E-state index contributed by atoms with van der Waals surface area (Å²) in [5.41, 5.74) is 0.752. The highest BCUT2D eigenvalue weighted by atomic mass is 19.1. The summed E-state index contributed by atoms with van der Waals surface area (Å²) in [6.45, 7) is 4.76. The van der Waals surface area contributed by atoms with E-state index in [2.05, 4.69) is 13.8 Å². The van der Waals surface area contributed by atoms with Crippen LogP contribution in [0.4, 0.5) is 13.2 Å². The molecule has 31 heavy (non-hydrogen) atoms. The number of hydrogen-bond acceptors (Lipinski definition) is 1. The molecule has 0 aliphatic heterocycles. The van der Waals surface area contributed by atoms with Gasteiger partial charge in [-0.05, 0) is 79.3 Å². The van der Waals surface area contributed by atoms with E-state index in [1.807, 2.05) is 0 Å². The molecule has 0 atom stereocenters. The van der Waals surface area contributed by atoms with Crippen LogP contribution in [0.5, 0.6) is 5.75 Å². The van der Waals surface area contributed by atoms with Crippen molar-refractivity contribution in [2.24, 2.45) is 5.92 Å². The monoisotopic (exact) mass is 432 g/mol. The van der Waals surface area contributed by atoms with Gasteiger partial charge in [0.25, 0.3) is 0 Å². The molecule has 0 N–H and O–H groups in total. The molecule has 3 rings (SSSR count). The SMILES string of the molecule is CCCCCCOc1ccc(-c2c(F)cc(C3CCC(CCC)CC3)cc2F)cc1F. The molecule has 4 heteroatoms. The average Bonchev–Trinajstić information content (AvgIpc) is 2.75. The molecule has 0 aromatic heterocycles. The standard InChI is InChI=1S/C27H35F3O/c1-3-5-6-7-15-31-26-14-13-21(16-23(26)28)27-24(29)17-22(18-25(27)30)20-11-9-19(8-4-2)10-12-20/h13-14,16-20H,3-12,15H2,1-2H3. The van der Waals surface area contributed by atoms with Crippen LogP contribution in [0.15, 0.2) is 30.3 Å². The van der Waals surface area contributed by atoms with Crippen LogP contribution < -0.4 is 4.74 Å². The number of benzene rings is 2. The van der Waals surface area contributed by atoms with Crippen LogP contribution in [0.2, 0.25) is 0 Å². The first kappa shape index (κ1) is 23.7. The fourth-order valence-electron chi connectivity index (χ4n) is 4.78. The predicted octanol–water partition coefficient (Wildman–Crippen LogP) is 8.80. The van der Waals surface area contributed by atoms with E-state index in [-0.39, 0.29) is 22.8 Å². The number of ether oxygens (including phenoxy) is 1. The van der Waals surface area contributed by atoms with Gasteiger partial charge in [-0.25, -0.2) is 13.2 Å². The normalized spacial score (nSPS) is 18.9. The Balaban J connectivity index is 1.69. The van der Waals surface area contributed by atoms with Crippen molar-refractivity contribution >= 4 is 0 Å². The average molecular weight is 433 g/mol. The van der Waals surface area contributed by atoms with Crippen LogP contribution in [0, 0.1) is 23.4 Å². The molecule has 0 unspecified atom stereocenters. The summed E-state index contributed by atoms with van der Waals surface area (Å²) < 4.78 is 49.8. The third-order valence-corrected chi connectivity index (χ3v) is 6.56. The zero-order chi connectivity index (χ0) is 22.2. The van der Waals surface area contributed by atoms with Gasteiger partial charge in [0.15, 0.2) is 11.6 Å². The lowest BCUT2D eigenvalue weighted by molar-refractivity contribution is 0.290. The van der Waals surface area contributed by atoms with E-state index in [4.69, 9.17) is 4.74 Å².